The topological polar surface area (TPSA) is 63.4 Å². The summed E-state index contributed by atoms with van der Waals surface area (Å²) in [5.74, 6) is -0.827. The lowest BCUT2D eigenvalue weighted by Crippen LogP contribution is -2.33. The standard InChI is InChI=1S/C10H14BrFN2O2S/c1-6(2)14(3)17(15,16)9-5-7(13)4-8(11)10(9)12/h4-6H,13H2,1-3H3. The van der Waals surface area contributed by atoms with Crippen LogP contribution in [-0.2, 0) is 10.0 Å². The van der Waals surface area contributed by atoms with Gasteiger partial charge in [0.1, 0.15) is 4.90 Å². The summed E-state index contributed by atoms with van der Waals surface area (Å²) in [6.45, 7) is 3.41. The maximum atomic E-state index is 13.8. The van der Waals surface area contributed by atoms with Crippen LogP contribution in [0.5, 0.6) is 0 Å². The third-order valence-electron chi connectivity index (χ3n) is 2.40. The van der Waals surface area contributed by atoms with E-state index in [0.717, 1.165) is 10.4 Å². The van der Waals surface area contributed by atoms with E-state index in [0.29, 0.717) is 0 Å². The normalized spacial score (nSPS) is 12.4. The van der Waals surface area contributed by atoms with Crippen LogP contribution in [0.25, 0.3) is 0 Å². The van der Waals surface area contributed by atoms with Crippen molar-refractivity contribution in [2.45, 2.75) is 24.8 Å². The van der Waals surface area contributed by atoms with Crippen LogP contribution in [-0.4, -0.2) is 25.8 Å². The molecule has 7 heteroatoms. The predicted octanol–water partition coefficient (Wildman–Crippen LogP) is 2.20. The van der Waals surface area contributed by atoms with Gasteiger partial charge in [-0.1, -0.05) is 0 Å². The van der Waals surface area contributed by atoms with Gasteiger partial charge in [-0.3, -0.25) is 0 Å². The molecule has 0 fully saturated rings. The second-order valence-electron chi connectivity index (χ2n) is 3.93. The Bertz CT molecular complexity index is 531. The molecule has 0 bridgehead atoms. The number of nitrogens with two attached hydrogens (primary N) is 1. The number of anilines is 1. The van der Waals surface area contributed by atoms with Crippen molar-refractivity contribution in [2.24, 2.45) is 0 Å². The fourth-order valence-electron chi connectivity index (χ4n) is 1.20. The molecule has 0 aliphatic rings. The number of halogens is 2. The minimum atomic E-state index is -3.87. The van der Waals surface area contributed by atoms with Crippen molar-refractivity contribution in [1.29, 1.82) is 0 Å². The quantitative estimate of drug-likeness (QED) is 0.867. The average molecular weight is 325 g/mol. The lowest BCUT2D eigenvalue weighted by Gasteiger charge is -2.21. The lowest BCUT2D eigenvalue weighted by atomic mass is 10.3. The molecule has 0 unspecified atom stereocenters. The van der Waals surface area contributed by atoms with Crippen molar-refractivity contribution in [3.05, 3.63) is 22.4 Å². The van der Waals surface area contributed by atoms with Gasteiger partial charge < -0.3 is 5.73 Å². The number of hydrogen-bond donors (Lipinski definition) is 1. The van der Waals surface area contributed by atoms with Crippen LogP contribution in [0, 0.1) is 5.82 Å². The Morgan fingerprint density at radius 2 is 1.94 bits per heavy atom. The molecular formula is C10H14BrFN2O2S. The van der Waals surface area contributed by atoms with E-state index in [1.54, 1.807) is 13.8 Å². The third kappa shape index (κ3) is 2.78. The number of nitrogen functional groups attached to an aromatic ring is 1. The van der Waals surface area contributed by atoms with Crippen LogP contribution in [0.4, 0.5) is 10.1 Å². The highest BCUT2D eigenvalue weighted by Gasteiger charge is 2.27. The molecule has 0 atom stereocenters. The number of rotatable bonds is 3. The SMILES string of the molecule is CC(C)N(C)S(=O)(=O)c1cc(N)cc(Br)c1F. The Hall–Kier alpha value is -0.660. The molecule has 2 N–H and O–H groups in total. The van der Waals surface area contributed by atoms with Crippen LogP contribution in [0.1, 0.15) is 13.8 Å². The van der Waals surface area contributed by atoms with Gasteiger partial charge in [-0.05, 0) is 41.9 Å². The van der Waals surface area contributed by atoms with Crippen LogP contribution in [0.2, 0.25) is 0 Å². The molecule has 1 rings (SSSR count). The van der Waals surface area contributed by atoms with Gasteiger partial charge in [-0.2, -0.15) is 4.31 Å². The molecule has 0 heterocycles. The Labute approximate surface area is 109 Å². The fraction of sp³-hybridized carbons (Fsp3) is 0.400. The molecule has 0 aliphatic heterocycles. The van der Waals surface area contributed by atoms with Crippen molar-refractivity contribution < 1.29 is 12.8 Å². The van der Waals surface area contributed by atoms with E-state index in [1.165, 1.54) is 13.1 Å². The van der Waals surface area contributed by atoms with E-state index in [1.807, 2.05) is 0 Å². The van der Waals surface area contributed by atoms with Crippen LogP contribution < -0.4 is 5.73 Å². The number of benzene rings is 1. The summed E-state index contributed by atoms with van der Waals surface area (Å²) in [6.07, 6.45) is 0. The van der Waals surface area contributed by atoms with E-state index in [9.17, 15) is 12.8 Å². The van der Waals surface area contributed by atoms with Gasteiger partial charge in [0.05, 0.1) is 4.47 Å². The minimum absolute atomic E-state index is 0.0354. The summed E-state index contributed by atoms with van der Waals surface area (Å²) in [4.78, 5) is -0.416. The van der Waals surface area contributed by atoms with Gasteiger partial charge in [0.15, 0.2) is 5.82 Å². The molecule has 1 aromatic carbocycles. The summed E-state index contributed by atoms with van der Waals surface area (Å²) in [5.41, 5.74) is 5.71. The molecule has 0 aliphatic carbocycles. The molecule has 4 nitrogen and oxygen atoms in total. The van der Waals surface area contributed by atoms with E-state index >= 15 is 0 Å². The number of nitrogens with zero attached hydrogens (tertiary/aromatic N) is 1. The molecule has 96 valence electrons. The first-order valence-corrected chi connectivity index (χ1v) is 7.13. The van der Waals surface area contributed by atoms with Gasteiger partial charge >= 0.3 is 0 Å². The monoisotopic (exact) mass is 324 g/mol. The maximum Gasteiger partial charge on any atom is 0.246 e. The van der Waals surface area contributed by atoms with E-state index in [2.05, 4.69) is 15.9 Å². The van der Waals surface area contributed by atoms with Crippen molar-refractivity contribution in [2.75, 3.05) is 12.8 Å². The highest BCUT2D eigenvalue weighted by Crippen LogP contribution is 2.28. The lowest BCUT2D eigenvalue weighted by molar-refractivity contribution is 0.407. The van der Waals surface area contributed by atoms with E-state index in [-0.39, 0.29) is 16.2 Å². The summed E-state index contributed by atoms with van der Waals surface area (Å²) in [7, 11) is -2.47. The number of sulfonamides is 1. The molecule has 0 aromatic heterocycles. The van der Waals surface area contributed by atoms with E-state index < -0.39 is 20.7 Å². The first-order chi connectivity index (χ1) is 7.67. The minimum Gasteiger partial charge on any atom is -0.399 e. The predicted molar refractivity (Wildman–Crippen MR) is 68.6 cm³/mol. The van der Waals surface area contributed by atoms with Gasteiger partial charge in [0.25, 0.3) is 0 Å². The smallest absolute Gasteiger partial charge is 0.246 e. The molecule has 1 aromatic rings. The highest BCUT2D eigenvalue weighted by molar-refractivity contribution is 9.10. The summed E-state index contributed by atoms with van der Waals surface area (Å²) in [6, 6.07) is 2.18. The zero-order valence-corrected chi connectivity index (χ0v) is 12.1. The molecule has 0 radical (unpaired) electrons. The van der Waals surface area contributed by atoms with Gasteiger partial charge in [0.2, 0.25) is 10.0 Å². The summed E-state index contributed by atoms with van der Waals surface area (Å²) >= 11 is 2.94. The van der Waals surface area contributed by atoms with Crippen LogP contribution >= 0.6 is 15.9 Å². The third-order valence-corrected chi connectivity index (χ3v) is 5.01. The van der Waals surface area contributed by atoms with Gasteiger partial charge in [-0.15, -0.1) is 0 Å². The highest BCUT2D eigenvalue weighted by atomic mass is 79.9. The first-order valence-electron chi connectivity index (χ1n) is 4.90. The Morgan fingerprint density at radius 3 is 2.41 bits per heavy atom. The van der Waals surface area contributed by atoms with Crippen molar-refractivity contribution in [3.63, 3.8) is 0 Å². The van der Waals surface area contributed by atoms with Crippen molar-refractivity contribution in [1.82, 2.24) is 4.31 Å². The zero-order valence-electron chi connectivity index (χ0n) is 9.74. The van der Waals surface area contributed by atoms with Gasteiger partial charge in [-0.25, -0.2) is 12.8 Å². The second-order valence-corrected chi connectivity index (χ2v) is 6.75. The van der Waals surface area contributed by atoms with Crippen molar-refractivity contribution >= 4 is 31.6 Å². The van der Waals surface area contributed by atoms with Crippen molar-refractivity contribution in [3.8, 4) is 0 Å². The largest absolute Gasteiger partial charge is 0.399 e. The second kappa shape index (κ2) is 4.91. The Balaban J connectivity index is 3.44. The molecule has 0 saturated carbocycles. The Morgan fingerprint density at radius 1 is 1.41 bits per heavy atom. The zero-order chi connectivity index (χ0) is 13.4. The molecule has 0 amide bonds. The van der Waals surface area contributed by atoms with Crippen LogP contribution in [0.15, 0.2) is 21.5 Å². The van der Waals surface area contributed by atoms with Crippen LogP contribution in [0.3, 0.4) is 0 Å². The van der Waals surface area contributed by atoms with Gasteiger partial charge in [0, 0.05) is 18.8 Å². The summed E-state index contributed by atoms with van der Waals surface area (Å²) < 4.78 is 39.1. The number of hydrogen-bond acceptors (Lipinski definition) is 3. The Kier molecular flexibility index (Phi) is 4.16. The molecule has 17 heavy (non-hydrogen) atoms. The maximum absolute atomic E-state index is 13.8. The van der Waals surface area contributed by atoms with E-state index in [4.69, 9.17) is 5.73 Å². The molecule has 0 saturated heterocycles. The molecular weight excluding hydrogens is 311 g/mol. The first kappa shape index (κ1) is 14.4. The summed E-state index contributed by atoms with van der Waals surface area (Å²) in [5, 5.41) is 0. The average Bonchev–Trinajstić information content (AvgIpc) is 2.21. The molecule has 0 spiro atoms. The fourth-order valence-corrected chi connectivity index (χ4v) is 3.30.